The van der Waals surface area contributed by atoms with Crippen LogP contribution in [0.15, 0.2) is 30.3 Å². The first kappa shape index (κ1) is 9.63. The molecule has 0 heterocycles. The highest BCUT2D eigenvalue weighted by Crippen LogP contribution is 2.22. The molecule has 0 nitrogen and oxygen atoms in total. The van der Waals surface area contributed by atoms with Gasteiger partial charge in [0.25, 0.3) is 0 Å². The molecule has 0 unspecified atom stereocenters. The van der Waals surface area contributed by atoms with E-state index in [1.807, 2.05) is 37.3 Å². The molecule has 0 saturated carbocycles. The first-order valence-corrected chi connectivity index (χ1v) is 4.64. The minimum Gasteiger partial charge on any atom is -0.122 e. The van der Waals surface area contributed by atoms with Crippen molar-refractivity contribution in [1.82, 2.24) is 0 Å². The normalized spacial score (nSPS) is 11.8. The smallest absolute Gasteiger partial charge is 0.0480 e. The van der Waals surface area contributed by atoms with E-state index in [0.29, 0.717) is 5.88 Å². The van der Waals surface area contributed by atoms with E-state index in [9.17, 15) is 0 Å². The Hall–Kier alpha value is -0.460. The van der Waals surface area contributed by atoms with Gasteiger partial charge in [-0.1, -0.05) is 35.9 Å². The maximum absolute atomic E-state index is 5.97. The highest BCUT2D eigenvalue weighted by atomic mass is 35.5. The van der Waals surface area contributed by atoms with Crippen LogP contribution in [0.4, 0.5) is 0 Å². The lowest BCUT2D eigenvalue weighted by atomic mass is 10.1. The predicted octanol–water partition coefficient (Wildman–Crippen LogP) is 3.98. The van der Waals surface area contributed by atoms with Crippen molar-refractivity contribution in [2.75, 3.05) is 5.88 Å². The number of hydrogen-bond donors (Lipinski definition) is 0. The van der Waals surface area contributed by atoms with Crippen molar-refractivity contribution in [3.05, 3.63) is 40.9 Å². The van der Waals surface area contributed by atoms with Gasteiger partial charge < -0.3 is 0 Å². The van der Waals surface area contributed by atoms with E-state index in [-0.39, 0.29) is 0 Å². The second-order valence-corrected chi connectivity index (χ2v) is 3.24. The first-order valence-electron chi connectivity index (χ1n) is 3.73. The van der Waals surface area contributed by atoms with Crippen molar-refractivity contribution in [3.8, 4) is 0 Å². The van der Waals surface area contributed by atoms with Gasteiger partial charge in [-0.25, -0.2) is 0 Å². The molecule has 1 aromatic rings. The van der Waals surface area contributed by atoms with Crippen LogP contribution < -0.4 is 0 Å². The summed E-state index contributed by atoms with van der Waals surface area (Å²) < 4.78 is 0. The summed E-state index contributed by atoms with van der Waals surface area (Å²) >= 11 is 11.6. The summed E-state index contributed by atoms with van der Waals surface area (Å²) in [6, 6.07) is 7.75. The molecular weight excluding hydrogens is 191 g/mol. The van der Waals surface area contributed by atoms with Crippen molar-refractivity contribution >= 4 is 28.8 Å². The van der Waals surface area contributed by atoms with E-state index >= 15 is 0 Å². The zero-order valence-corrected chi connectivity index (χ0v) is 8.36. The number of benzene rings is 1. The zero-order chi connectivity index (χ0) is 8.97. The molecule has 0 aromatic heterocycles. The highest BCUT2D eigenvalue weighted by molar-refractivity contribution is 6.32. The average molecular weight is 201 g/mol. The first-order chi connectivity index (χ1) is 5.75. The minimum absolute atomic E-state index is 0.525. The lowest BCUT2D eigenvalue weighted by Crippen LogP contribution is -1.81. The summed E-state index contributed by atoms with van der Waals surface area (Å²) in [6.45, 7) is 2.00. The van der Waals surface area contributed by atoms with Crippen LogP contribution in [0.3, 0.4) is 0 Å². The van der Waals surface area contributed by atoms with Crippen molar-refractivity contribution in [2.24, 2.45) is 0 Å². The maximum Gasteiger partial charge on any atom is 0.0480 e. The monoisotopic (exact) mass is 200 g/mol. The fourth-order valence-corrected chi connectivity index (χ4v) is 1.52. The van der Waals surface area contributed by atoms with Crippen LogP contribution in [0, 0.1) is 0 Å². The quantitative estimate of drug-likeness (QED) is 0.634. The maximum atomic E-state index is 5.97. The highest BCUT2D eigenvalue weighted by Gasteiger charge is 1.98. The molecule has 0 amide bonds. The second-order valence-electron chi connectivity index (χ2n) is 2.52. The molecule has 0 spiro atoms. The van der Waals surface area contributed by atoms with Crippen LogP contribution in [0.25, 0.3) is 5.57 Å². The summed E-state index contributed by atoms with van der Waals surface area (Å²) in [5, 5.41) is 0.774. The van der Waals surface area contributed by atoms with Crippen LogP contribution in [0.2, 0.25) is 5.02 Å². The number of alkyl halides is 1. The third-order valence-electron chi connectivity index (χ3n) is 1.68. The van der Waals surface area contributed by atoms with Gasteiger partial charge in [-0.2, -0.15) is 0 Å². The summed E-state index contributed by atoms with van der Waals surface area (Å²) in [4.78, 5) is 0. The van der Waals surface area contributed by atoms with Gasteiger partial charge >= 0.3 is 0 Å². The van der Waals surface area contributed by atoms with Crippen LogP contribution in [0.5, 0.6) is 0 Å². The predicted molar refractivity (Wildman–Crippen MR) is 55.8 cm³/mol. The molecule has 0 aliphatic rings. The van der Waals surface area contributed by atoms with Gasteiger partial charge in [-0.05, 0) is 24.1 Å². The molecule has 0 fully saturated rings. The number of hydrogen-bond acceptors (Lipinski definition) is 0. The van der Waals surface area contributed by atoms with Crippen molar-refractivity contribution < 1.29 is 0 Å². The van der Waals surface area contributed by atoms with Crippen LogP contribution in [-0.2, 0) is 0 Å². The van der Waals surface area contributed by atoms with E-state index in [0.717, 1.165) is 16.2 Å². The fourth-order valence-electron chi connectivity index (χ4n) is 1.01. The molecule has 0 radical (unpaired) electrons. The fraction of sp³-hybridized carbons (Fsp3) is 0.200. The second kappa shape index (κ2) is 4.54. The molecular formula is C10H10Cl2. The van der Waals surface area contributed by atoms with Gasteiger partial charge in [0.05, 0.1) is 0 Å². The third kappa shape index (κ3) is 2.26. The van der Waals surface area contributed by atoms with E-state index in [1.165, 1.54) is 0 Å². The molecule has 1 aromatic carbocycles. The zero-order valence-electron chi connectivity index (χ0n) is 6.85. The molecule has 2 heteroatoms. The van der Waals surface area contributed by atoms with Gasteiger partial charge in [-0.3, -0.25) is 0 Å². The number of allylic oxidation sites excluding steroid dienone is 2. The molecule has 0 bridgehead atoms. The summed E-state index contributed by atoms with van der Waals surface area (Å²) in [7, 11) is 0. The van der Waals surface area contributed by atoms with E-state index in [2.05, 4.69) is 0 Å². The van der Waals surface area contributed by atoms with Gasteiger partial charge in [0.2, 0.25) is 0 Å². The Kier molecular flexibility index (Phi) is 3.64. The number of rotatable bonds is 2. The van der Waals surface area contributed by atoms with Crippen molar-refractivity contribution in [2.45, 2.75) is 6.92 Å². The standard InChI is InChI=1S/C10H10Cl2/c1-8(6-7-11)9-4-2-3-5-10(9)12/h2-6H,7H2,1H3. The molecule has 0 aliphatic heterocycles. The molecule has 64 valence electrons. The van der Waals surface area contributed by atoms with Gasteiger partial charge in [0, 0.05) is 10.9 Å². The van der Waals surface area contributed by atoms with E-state index < -0.39 is 0 Å². The Morgan fingerprint density at radius 1 is 1.42 bits per heavy atom. The van der Waals surface area contributed by atoms with Gasteiger partial charge in [-0.15, -0.1) is 11.6 Å². The van der Waals surface area contributed by atoms with Crippen LogP contribution in [0.1, 0.15) is 12.5 Å². The lowest BCUT2D eigenvalue weighted by Gasteiger charge is -2.02. The average Bonchev–Trinajstić information content (AvgIpc) is 2.05. The summed E-state index contributed by atoms with van der Waals surface area (Å²) in [6.07, 6.45) is 1.95. The van der Waals surface area contributed by atoms with Crippen molar-refractivity contribution in [3.63, 3.8) is 0 Å². The Labute approximate surface area is 82.8 Å². The van der Waals surface area contributed by atoms with Crippen molar-refractivity contribution in [1.29, 1.82) is 0 Å². The number of halogens is 2. The molecule has 0 aliphatic carbocycles. The molecule has 12 heavy (non-hydrogen) atoms. The van der Waals surface area contributed by atoms with E-state index in [1.54, 1.807) is 0 Å². The Balaban J connectivity index is 3.02. The largest absolute Gasteiger partial charge is 0.122 e. The minimum atomic E-state index is 0.525. The molecule has 0 atom stereocenters. The molecule has 0 saturated heterocycles. The molecule has 1 rings (SSSR count). The van der Waals surface area contributed by atoms with E-state index in [4.69, 9.17) is 23.2 Å². The Morgan fingerprint density at radius 2 is 2.08 bits per heavy atom. The van der Waals surface area contributed by atoms with Crippen LogP contribution >= 0.6 is 23.2 Å². The third-order valence-corrected chi connectivity index (χ3v) is 2.17. The van der Waals surface area contributed by atoms with Gasteiger partial charge in [0.1, 0.15) is 0 Å². The SMILES string of the molecule is CC(=CCCl)c1ccccc1Cl. The van der Waals surface area contributed by atoms with Crippen LogP contribution in [-0.4, -0.2) is 5.88 Å². The summed E-state index contributed by atoms with van der Waals surface area (Å²) in [5.74, 6) is 0.525. The van der Waals surface area contributed by atoms with Gasteiger partial charge in [0.15, 0.2) is 0 Å². The lowest BCUT2D eigenvalue weighted by molar-refractivity contribution is 1.54. The Morgan fingerprint density at radius 3 is 2.67 bits per heavy atom. The summed E-state index contributed by atoms with van der Waals surface area (Å²) in [5.41, 5.74) is 2.18. The topological polar surface area (TPSA) is 0 Å². The molecule has 0 N–H and O–H groups in total. The Bertz CT molecular complexity index is 290.